The summed E-state index contributed by atoms with van der Waals surface area (Å²) in [5.41, 5.74) is 0.333. The van der Waals surface area contributed by atoms with Crippen LogP contribution in [0.1, 0.15) is 55.8 Å². The van der Waals surface area contributed by atoms with E-state index in [1.165, 1.54) is 13.2 Å². The minimum absolute atomic E-state index is 0.0219. The quantitative estimate of drug-likeness (QED) is 0.776. The van der Waals surface area contributed by atoms with Crippen molar-refractivity contribution in [3.05, 3.63) is 23.8 Å². The molecule has 2 saturated carbocycles. The molecule has 1 amide bonds. The Hall–Kier alpha value is -1.60. The van der Waals surface area contributed by atoms with Crippen molar-refractivity contribution in [1.29, 1.82) is 0 Å². The fourth-order valence-electron chi connectivity index (χ4n) is 3.36. The van der Waals surface area contributed by atoms with Crippen LogP contribution in [0.25, 0.3) is 0 Å². The molecule has 0 heterocycles. The van der Waals surface area contributed by atoms with Gasteiger partial charge in [-0.2, -0.15) is 0 Å². The largest absolute Gasteiger partial charge is 0.495 e. The van der Waals surface area contributed by atoms with Crippen molar-refractivity contribution in [3.8, 4) is 5.75 Å². The molecule has 2 N–H and O–H groups in total. The SMILES string of the molecule is COc1ccc(C(=O)N[C@@H](C)C2CC2)cc1S(=O)(=O)NC1CCCC1. The monoisotopic (exact) mass is 366 g/mol. The maximum absolute atomic E-state index is 12.8. The van der Waals surface area contributed by atoms with Crippen molar-refractivity contribution in [3.63, 3.8) is 0 Å². The van der Waals surface area contributed by atoms with Crippen LogP contribution in [0.3, 0.4) is 0 Å². The second-order valence-corrected chi connectivity index (χ2v) is 8.75. The van der Waals surface area contributed by atoms with E-state index in [9.17, 15) is 13.2 Å². The summed E-state index contributed by atoms with van der Waals surface area (Å²) in [6.07, 6.45) is 6.03. The molecule has 0 aliphatic heterocycles. The van der Waals surface area contributed by atoms with Gasteiger partial charge in [-0.1, -0.05) is 12.8 Å². The van der Waals surface area contributed by atoms with Gasteiger partial charge in [-0.15, -0.1) is 0 Å². The highest BCUT2D eigenvalue weighted by Crippen LogP contribution is 2.32. The molecule has 0 spiro atoms. The van der Waals surface area contributed by atoms with E-state index in [0.717, 1.165) is 38.5 Å². The molecule has 2 aliphatic rings. The van der Waals surface area contributed by atoms with Crippen molar-refractivity contribution in [1.82, 2.24) is 10.0 Å². The van der Waals surface area contributed by atoms with Crippen molar-refractivity contribution >= 4 is 15.9 Å². The highest BCUT2D eigenvalue weighted by Gasteiger charge is 2.30. The number of benzene rings is 1. The van der Waals surface area contributed by atoms with E-state index >= 15 is 0 Å². The number of methoxy groups -OCH3 is 1. The van der Waals surface area contributed by atoms with Crippen molar-refractivity contribution in [2.24, 2.45) is 5.92 Å². The summed E-state index contributed by atoms with van der Waals surface area (Å²) in [4.78, 5) is 12.5. The van der Waals surface area contributed by atoms with Crippen LogP contribution < -0.4 is 14.8 Å². The number of rotatable bonds is 7. The molecule has 25 heavy (non-hydrogen) atoms. The van der Waals surface area contributed by atoms with E-state index in [1.807, 2.05) is 6.92 Å². The van der Waals surface area contributed by atoms with Crippen molar-refractivity contribution < 1.29 is 17.9 Å². The number of hydrogen-bond donors (Lipinski definition) is 2. The molecule has 1 aromatic rings. The molecule has 0 saturated heterocycles. The van der Waals surface area contributed by atoms with Crippen molar-refractivity contribution in [2.45, 2.75) is 62.4 Å². The molecule has 1 aromatic carbocycles. The maximum Gasteiger partial charge on any atom is 0.251 e. The Labute approximate surface area is 149 Å². The van der Waals surface area contributed by atoms with Crippen LogP contribution in [0, 0.1) is 5.92 Å². The van der Waals surface area contributed by atoms with Crippen LogP contribution in [-0.4, -0.2) is 33.5 Å². The molecule has 1 atom stereocenters. The lowest BCUT2D eigenvalue weighted by Gasteiger charge is -2.17. The van der Waals surface area contributed by atoms with Gasteiger partial charge in [0.25, 0.3) is 5.91 Å². The zero-order valence-corrected chi connectivity index (χ0v) is 15.6. The number of hydrogen-bond acceptors (Lipinski definition) is 4. The summed E-state index contributed by atoms with van der Waals surface area (Å²) >= 11 is 0. The topological polar surface area (TPSA) is 84.5 Å². The Balaban J connectivity index is 1.82. The standard InChI is InChI=1S/C18H26N2O4S/c1-12(13-7-8-13)19-18(21)14-9-10-16(24-2)17(11-14)25(22,23)20-15-5-3-4-6-15/h9-13,15,20H,3-8H2,1-2H3,(H,19,21)/t12-/m0/s1. The van der Waals surface area contributed by atoms with Gasteiger partial charge >= 0.3 is 0 Å². The normalized spacial score (nSPS) is 19.6. The summed E-state index contributed by atoms with van der Waals surface area (Å²) in [7, 11) is -2.30. The fraction of sp³-hybridized carbons (Fsp3) is 0.611. The third-order valence-electron chi connectivity index (χ3n) is 5.08. The van der Waals surface area contributed by atoms with Crippen LogP contribution in [0.15, 0.2) is 23.1 Å². The number of carbonyl (C=O) groups is 1. The number of ether oxygens (including phenoxy) is 1. The third-order valence-corrected chi connectivity index (χ3v) is 6.62. The molecule has 0 bridgehead atoms. The smallest absolute Gasteiger partial charge is 0.251 e. The first-order chi connectivity index (χ1) is 11.9. The Kier molecular flexibility index (Phi) is 5.34. The molecule has 3 rings (SSSR count). The van der Waals surface area contributed by atoms with Crippen LogP contribution in [0.2, 0.25) is 0 Å². The first-order valence-corrected chi connectivity index (χ1v) is 10.4. The molecule has 138 valence electrons. The maximum atomic E-state index is 12.8. The Morgan fingerprint density at radius 2 is 1.88 bits per heavy atom. The third kappa shape index (κ3) is 4.33. The zero-order chi connectivity index (χ0) is 18.0. The van der Waals surface area contributed by atoms with Crippen LogP contribution in [0.4, 0.5) is 0 Å². The lowest BCUT2D eigenvalue weighted by Crippen LogP contribution is -2.35. The summed E-state index contributed by atoms with van der Waals surface area (Å²) in [5.74, 6) is 0.533. The van der Waals surface area contributed by atoms with Gasteiger partial charge in [0, 0.05) is 17.6 Å². The lowest BCUT2D eigenvalue weighted by molar-refractivity contribution is 0.0935. The molecule has 2 fully saturated rings. The van der Waals surface area contributed by atoms with E-state index in [1.54, 1.807) is 12.1 Å². The number of carbonyl (C=O) groups excluding carboxylic acids is 1. The first-order valence-electron chi connectivity index (χ1n) is 8.92. The molecule has 7 heteroatoms. The number of nitrogens with one attached hydrogen (secondary N) is 2. The van der Waals surface area contributed by atoms with Gasteiger partial charge in [0.2, 0.25) is 10.0 Å². The van der Waals surface area contributed by atoms with Crippen LogP contribution >= 0.6 is 0 Å². The summed E-state index contributed by atoms with van der Waals surface area (Å²) in [6.45, 7) is 1.98. The molecule has 6 nitrogen and oxygen atoms in total. The van der Waals surface area contributed by atoms with Crippen LogP contribution in [0.5, 0.6) is 5.75 Å². The second-order valence-electron chi connectivity index (χ2n) is 7.07. The van der Waals surface area contributed by atoms with E-state index in [4.69, 9.17) is 4.74 Å². The van der Waals surface area contributed by atoms with Crippen molar-refractivity contribution in [2.75, 3.05) is 7.11 Å². The second kappa shape index (κ2) is 7.33. The summed E-state index contributed by atoms with van der Waals surface area (Å²) in [6, 6.07) is 4.61. The predicted molar refractivity (Wildman–Crippen MR) is 95.2 cm³/mol. The zero-order valence-electron chi connectivity index (χ0n) is 14.7. The highest BCUT2D eigenvalue weighted by atomic mass is 32.2. The lowest BCUT2D eigenvalue weighted by atomic mass is 10.1. The fourth-order valence-corrected chi connectivity index (χ4v) is 4.86. The molecular weight excluding hydrogens is 340 g/mol. The van der Waals surface area contributed by atoms with Gasteiger partial charge in [0.05, 0.1) is 7.11 Å². The van der Waals surface area contributed by atoms with Gasteiger partial charge < -0.3 is 10.1 Å². The molecular formula is C18H26N2O4S. The van der Waals surface area contributed by atoms with Gasteiger partial charge in [-0.3, -0.25) is 4.79 Å². The average molecular weight is 366 g/mol. The van der Waals surface area contributed by atoms with Crippen LogP contribution in [-0.2, 0) is 10.0 Å². The Morgan fingerprint density at radius 3 is 2.48 bits per heavy atom. The average Bonchev–Trinajstić information content (AvgIpc) is 3.33. The predicted octanol–water partition coefficient (Wildman–Crippen LogP) is 2.44. The molecule has 2 aliphatic carbocycles. The summed E-state index contributed by atoms with van der Waals surface area (Å²) < 4.78 is 33.5. The minimum Gasteiger partial charge on any atom is -0.495 e. The first kappa shape index (κ1) is 18.2. The van der Waals surface area contributed by atoms with E-state index in [0.29, 0.717) is 11.5 Å². The Bertz CT molecular complexity index is 737. The molecule has 0 radical (unpaired) electrons. The molecule has 0 aromatic heterocycles. The number of sulfonamides is 1. The summed E-state index contributed by atoms with van der Waals surface area (Å²) in [5, 5.41) is 2.95. The van der Waals surface area contributed by atoms with Gasteiger partial charge in [-0.25, -0.2) is 13.1 Å². The van der Waals surface area contributed by atoms with E-state index < -0.39 is 10.0 Å². The van der Waals surface area contributed by atoms with Gasteiger partial charge in [0.1, 0.15) is 10.6 Å². The Morgan fingerprint density at radius 1 is 1.20 bits per heavy atom. The van der Waals surface area contributed by atoms with E-state index in [-0.39, 0.29) is 28.6 Å². The number of amides is 1. The van der Waals surface area contributed by atoms with E-state index in [2.05, 4.69) is 10.0 Å². The minimum atomic E-state index is -3.73. The van der Waals surface area contributed by atoms with Gasteiger partial charge in [-0.05, 0) is 56.7 Å². The molecule has 0 unspecified atom stereocenters. The highest BCUT2D eigenvalue weighted by molar-refractivity contribution is 7.89. The van der Waals surface area contributed by atoms with Gasteiger partial charge in [0.15, 0.2) is 0 Å².